The van der Waals surface area contributed by atoms with E-state index in [4.69, 9.17) is 5.73 Å². The molecule has 0 aromatic rings. The molecule has 1 amide bonds. The number of carbonyl (C=O) groups excluding carboxylic acids is 1. The molecule has 3 N–H and O–H groups in total. The first kappa shape index (κ1) is 18.4. The molecule has 0 spiro atoms. The fourth-order valence-corrected chi connectivity index (χ4v) is 3.92. The monoisotopic (exact) mass is 297 g/mol. The van der Waals surface area contributed by atoms with Crippen LogP contribution < -0.4 is 11.1 Å². The van der Waals surface area contributed by atoms with Gasteiger partial charge in [-0.1, -0.05) is 13.8 Å². The molecule has 21 heavy (non-hydrogen) atoms. The van der Waals surface area contributed by atoms with Crippen LogP contribution in [0.5, 0.6) is 0 Å². The highest BCUT2D eigenvalue weighted by Crippen LogP contribution is 2.30. The van der Waals surface area contributed by atoms with Crippen LogP contribution in [0.4, 0.5) is 0 Å². The fourth-order valence-electron chi connectivity index (χ4n) is 3.92. The third kappa shape index (κ3) is 4.68. The second-order valence-electron chi connectivity index (χ2n) is 7.80. The number of piperidine rings is 1. The Morgan fingerprint density at radius 2 is 1.90 bits per heavy atom. The Hall–Kier alpha value is -0.610. The number of rotatable bonds is 6. The van der Waals surface area contributed by atoms with E-state index >= 15 is 0 Å². The van der Waals surface area contributed by atoms with Gasteiger partial charge in [0.05, 0.1) is 5.54 Å². The first-order valence-corrected chi connectivity index (χ1v) is 8.40. The second kappa shape index (κ2) is 7.10. The molecule has 1 aliphatic heterocycles. The number of nitrogens with two attached hydrogens (primary N) is 1. The fraction of sp³-hybridized carbons (Fsp3) is 0.941. The molecule has 4 heteroatoms. The highest BCUT2D eigenvalue weighted by atomic mass is 16.1. The van der Waals surface area contributed by atoms with Crippen molar-refractivity contribution in [3.05, 3.63) is 0 Å². The number of nitrogens with one attached hydrogen (secondary N) is 1. The number of carbonyl (C=O) groups is 1. The van der Waals surface area contributed by atoms with Crippen LogP contribution in [0.2, 0.25) is 0 Å². The summed E-state index contributed by atoms with van der Waals surface area (Å²) in [5.74, 6) is 1.17. The Labute approximate surface area is 130 Å². The number of nitrogens with zero attached hydrogens (tertiary/aromatic N) is 1. The molecular weight excluding hydrogens is 262 g/mol. The van der Waals surface area contributed by atoms with E-state index in [0.29, 0.717) is 18.0 Å². The summed E-state index contributed by atoms with van der Waals surface area (Å²) in [4.78, 5) is 14.5. The minimum atomic E-state index is -0.642. The van der Waals surface area contributed by atoms with Gasteiger partial charge in [-0.3, -0.25) is 9.69 Å². The van der Waals surface area contributed by atoms with Crippen molar-refractivity contribution in [1.29, 1.82) is 0 Å². The summed E-state index contributed by atoms with van der Waals surface area (Å²) >= 11 is 0. The van der Waals surface area contributed by atoms with Crippen LogP contribution in [-0.4, -0.2) is 41.0 Å². The average molecular weight is 297 g/mol. The predicted octanol–water partition coefficient (Wildman–Crippen LogP) is 2.37. The Balaban J connectivity index is 2.81. The maximum atomic E-state index is 11.9. The maximum absolute atomic E-state index is 11.9. The maximum Gasteiger partial charge on any atom is 0.237 e. The van der Waals surface area contributed by atoms with Gasteiger partial charge in [-0.05, 0) is 59.3 Å². The van der Waals surface area contributed by atoms with Gasteiger partial charge in [0.1, 0.15) is 0 Å². The Morgan fingerprint density at radius 3 is 2.38 bits per heavy atom. The van der Waals surface area contributed by atoms with Gasteiger partial charge in [-0.2, -0.15) is 0 Å². The summed E-state index contributed by atoms with van der Waals surface area (Å²) < 4.78 is 0. The van der Waals surface area contributed by atoms with Crippen molar-refractivity contribution in [2.24, 2.45) is 17.6 Å². The van der Waals surface area contributed by atoms with Crippen molar-refractivity contribution in [3.8, 4) is 0 Å². The van der Waals surface area contributed by atoms with Gasteiger partial charge in [0.25, 0.3) is 0 Å². The zero-order valence-corrected chi connectivity index (χ0v) is 14.9. The number of hydrogen-bond acceptors (Lipinski definition) is 3. The van der Waals surface area contributed by atoms with E-state index in [2.05, 4.69) is 51.8 Å². The Morgan fingerprint density at radius 1 is 1.33 bits per heavy atom. The molecule has 0 aliphatic carbocycles. The van der Waals surface area contributed by atoms with Gasteiger partial charge in [0.2, 0.25) is 5.91 Å². The van der Waals surface area contributed by atoms with Crippen molar-refractivity contribution in [3.63, 3.8) is 0 Å². The molecule has 1 rings (SSSR count). The summed E-state index contributed by atoms with van der Waals surface area (Å²) in [6.45, 7) is 16.4. The van der Waals surface area contributed by atoms with E-state index in [1.807, 2.05) is 6.92 Å². The molecule has 124 valence electrons. The Kier molecular flexibility index (Phi) is 6.23. The van der Waals surface area contributed by atoms with E-state index in [1.165, 1.54) is 6.42 Å². The van der Waals surface area contributed by atoms with Gasteiger partial charge < -0.3 is 11.1 Å². The van der Waals surface area contributed by atoms with Crippen LogP contribution in [0, 0.1) is 11.8 Å². The molecule has 0 radical (unpaired) electrons. The van der Waals surface area contributed by atoms with Gasteiger partial charge >= 0.3 is 0 Å². The molecule has 1 saturated heterocycles. The minimum absolute atomic E-state index is 0.242. The summed E-state index contributed by atoms with van der Waals surface area (Å²) in [6.07, 6.45) is 2.05. The lowest BCUT2D eigenvalue weighted by Gasteiger charge is -2.46. The lowest BCUT2D eigenvalue weighted by atomic mass is 9.83. The van der Waals surface area contributed by atoms with Crippen LogP contribution in [0.3, 0.4) is 0 Å². The van der Waals surface area contributed by atoms with E-state index in [1.54, 1.807) is 0 Å². The van der Waals surface area contributed by atoms with Crippen molar-refractivity contribution in [2.75, 3.05) is 6.54 Å². The molecule has 0 aromatic heterocycles. The van der Waals surface area contributed by atoms with E-state index in [-0.39, 0.29) is 11.9 Å². The Bertz CT molecular complexity index is 358. The largest absolute Gasteiger partial charge is 0.368 e. The molecule has 1 heterocycles. The van der Waals surface area contributed by atoms with Gasteiger partial charge in [0, 0.05) is 24.7 Å². The molecule has 0 aromatic carbocycles. The minimum Gasteiger partial charge on any atom is -0.368 e. The summed E-state index contributed by atoms with van der Waals surface area (Å²) in [5, 5.41) is 3.36. The number of amides is 1. The van der Waals surface area contributed by atoms with Gasteiger partial charge in [-0.15, -0.1) is 0 Å². The van der Waals surface area contributed by atoms with E-state index < -0.39 is 5.54 Å². The van der Waals surface area contributed by atoms with Crippen LogP contribution in [0.1, 0.15) is 61.3 Å². The van der Waals surface area contributed by atoms with Crippen molar-refractivity contribution in [2.45, 2.75) is 85.0 Å². The summed E-state index contributed by atoms with van der Waals surface area (Å²) in [6, 6.07) is 1.15. The number of primary amides is 1. The summed E-state index contributed by atoms with van der Waals surface area (Å²) in [5.41, 5.74) is 5.02. The lowest BCUT2D eigenvalue weighted by molar-refractivity contribution is -0.125. The van der Waals surface area contributed by atoms with Crippen LogP contribution >= 0.6 is 0 Å². The van der Waals surface area contributed by atoms with Gasteiger partial charge in [-0.25, -0.2) is 0 Å². The quantitative estimate of drug-likeness (QED) is 0.791. The van der Waals surface area contributed by atoms with Crippen molar-refractivity contribution < 1.29 is 4.79 Å². The molecule has 1 fully saturated rings. The third-order valence-corrected chi connectivity index (χ3v) is 5.06. The normalized spacial score (nSPS) is 31.9. The highest BCUT2D eigenvalue weighted by Gasteiger charge is 2.38. The third-order valence-electron chi connectivity index (χ3n) is 5.06. The van der Waals surface area contributed by atoms with E-state index in [0.717, 1.165) is 18.9 Å². The molecule has 0 bridgehead atoms. The highest BCUT2D eigenvalue weighted by molar-refractivity contribution is 5.84. The topological polar surface area (TPSA) is 58.4 Å². The van der Waals surface area contributed by atoms with Crippen molar-refractivity contribution in [1.82, 2.24) is 10.2 Å². The predicted molar refractivity (Wildman–Crippen MR) is 89.1 cm³/mol. The smallest absolute Gasteiger partial charge is 0.237 e. The van der Waals surface area contributed by atoms with E-state index in [9.17, 15) is 4.79 Å². The van der Waals surface area contributed by atoms with Gasteiger partial charge in [0.15, 0.2) is 0 Å². The zero-order chi connectivity index (χ0) is 16.4. The molecule has 0 saturated carbocycles. The number of likely N-dealkylation sites (tertiary alicyclic amines) is 1. The SMILES string of the molecule is CC1CC(C)C(C)N(C(C)CC(C)(NC(C)C)C(N)=O)C1. The van der Waals surface area contributed by atoms with Crippen molar-refractivity contribution >= 4 is 5.91 Å². The lowest BCUT2D eigenvalue weighted by Crippen LogP contribution is -2.60. The van der Waals surface area contributed by atoms with Crippen LogP contribution in [-0.2, 0) is 4.79 Å². The van der Waals surface area contributed by atoms with Crippen LogP contribution in [0.15, 0.2) is 0 Å². The van der Waals surface area contributed by atoms with Crippen LogP contribution in [0.25, 0.3) is 0 Å². The first-order chi connectivity index (χ1) is 9.56. The number of hydrogen-bond donors (Lipinski definition) is 2. The molecule has 4 nitrogen and oxygen atoms in total. The molecule has 5 unspecified atom stereocenters. The standard InChI is InChI=1S/C17H35N3O/c1-11(2)19-17(7,16(18)21)9-14(5)20-10-12(3)8-13(4)15(20)6/h11-15,19H,8-10H2,1-7H3,(H2,18,21). The zero-order valence-electron chi connectivity index (χ0n) is 14.9. The second-order valence-corrected chi connectivity index (χ2v) is 7.80. The first-order valence-electron chi connectivity index (χ1n) is 8.40. The molecule has 1 aliphatic rings. The summed E-state index contributed by atoms with van der Waals surface area (Å²) in [7, 11) is 0. The molecule has 5 atom stereocenters. The average Bonchev–Trinajstić information content (AvgIpc) is 2.32. The molecular formula is C17H35N3O.